The molecule has 0 aliphatic carbocycles. The lowest BCUT2D eigenvalue weighted by atomic mass is 9.96. The minimum atomic E-state index is -0.676. The van der Waals surface area contributed by atoms with Gasteiger partial charge in [0.25, 0.3) is 5.56 Å². The first-order valence-corrected chi connectivity index (χ1v) is 9.50. The molecule has 10 nitrogen and oxygen atoms in total. The lowest BCUT2D eigenvalue weighted by Gasteiger charge is -2.17. The molecule has 0 radical (unpaired) electrons. The first-order chi connectivity index (χ1) is 13.2. The Labute approximate surface area is 161 Å². The molecule has 1 saturated heterocycles. The third-order valence-electron chi connectivity index (χ3n) is 4.75. The standard InChI is InChI=1S/C18H27N5O5/c1-5-8-22-12-13(23(17(22)27)11-7-6-10(9-24)28-11)19-16(20-14(12)25)21-15(26)18(2,3)4/h10-11,24H,5-9H2,1-4H3,(H2,19,20,21,25,26)/t10-,11+/m0/s1. The van der Waals surface area contributed by atoms with Crippen molar-refractivity contribution < 1.29 is 14.6 Å². The lowest BCUT2D eigenvalue weighted by molar-refractivity contribution is -0.123. The molecular weight excluding hydrogens is 366 g/mol. The Morgan fingerprint density at radius 3 is 2.64 bits per heavy atom. The highest BCUT2D eigenvalue weighted by Crippen LogP contribution is 2.29. The van der Waals surface area contributed by atoms with Crippen LogP contribution in [0.25, 0.3) is 11.2 Å². The second kappa shape index (κ2) is 7.51. The molecule has 2 atom stereocenters. The fourth-order valence-corrected chi connectivity index (χ4v) is 3.24. The van der Waals surface area contributed by atoms with Crippen molar-refractivity contribution in [3.8, 4) is 0 Å². The van der Waals surface area contributed by atoms with Crippen LogP contribution in [0.5, 0.6) is 0 Å². The Balaban J connectivity index is 2.15. The van der Waals surface area contributed by atoms with Gasteiger partial charge < -0.3 is 9.84 Å². The van der Waals surface area contributed by atoms with Crippen LogP contribution in [0.1, 0.15) is 53.2 Å². The van der Waals surface area contributed by atoms with Crippen molar-refractivity contribution >= 4 is 23.0 Å². The van der Waals surface area contributed by atoms with E-state index in [0.29, 0.717) is 25.8 Å². The average Bonchev–Trinajstić information content (AvgIpc) is 3.17. The molecule has 0 saturated carbocycles. The number of nitrogens with one attached hydrogen (secondary N) is 2. The van der Waals surface area contributed by atoms with Gasteiger partial charge in [0.05, 0.1) is 12.7 Å². The molecule has 2 aromatic heterocycles. The number of hydrogen-bond acceptors (Lipinski definition) is 6. The van der Waals surface area contributed by atoms with Crippen LogP contribution < -0.4 is 16.6 Å². The summed E-state index contributed by atoms with van der Waals surface area (Å²) in [6.45, 7) is 7.36. The van der Waals surface area contributed by atoms with Gasteiger partial charge in [-0.2, -0.15) is 4.98 Å². The summed E-state index contributed by atoms with van der Waals surface area (Å²) in [7, 11) is 0. The van der Waals surface area contributed by atoms with Crippen molar-refractivity contribution in [3.63, 3.8) is 0 Å². The lowest BCUT2D eigenvalue weighted by Crippen LogP contribution is -2.29. The number of ether oxygens (including phenoxy) is 1. The number of nitrogens with zero attached hydrogens (tertiary/aromatic N) is 3. The summed E-state index contributed by atoms with van der Waals surface area (Å²) >= 11 is 0. The molecule has 0 aromatic carbocycles. The quantitative estimate of drug-likeness (QED) is 0.693. The molecule has 2 aromatic rings. The minimum absolute atomic E-state index is 0.0171. The van der Waals surface area contributed by atoms with Crippen molar-refractivity contribution in [2.75, 3.05) is 11.9 Å². The van der Waals surface area contributed by atoms with Gasteiger partial charge in [0.15, 0.2) is 11.2 Å². The molecule has 1 fully saturated rings. The predicted molar refractivity (Wildman–Crippen MR) is 103 cm³/mol. The number of rotatable bonds is 5. The number of aromatic amines is 1. The van der Waals surface area contributed by atoms with E-state index >= 15 is 0 Å². The van der Waals surface area contributed by atoms with Crippen molar-refractivity contribution in [1.82, 2.24) is 19.1 Å². The third-order valence-corrected chi connectivity index (χ3v) is 4.75. The molecule has 154 valence electrons. The van der Waals surface area contributed by atoms with Crippen LogP contribution in [0.2, 0.25) is 0 Å². The van der Waals surface area contributed by atoms with Crippen molar-refractivity contribution in [2.24, 2.45) is 5.41 Å². The van der Waals surface area contributed by atoms with Gasteiger partial charge >= 0.3 is 5.69 Å². The molecule has 1 aliphatic rings. The third kappa shape index (κ3) is 3.61. The number of aliphatic hydroxyl groups is 1. The van der Waals surface area contributed by atoms with E-state index in [4.69, 9.17) is 4.74 Å². The summed E-state index contributed by atoms with van der Waals surface area (Å²) in [6.07, 6.45) is 0.805. The maximum Gasteiger partial charge on any atom is 0.332 e. The largest absolute Gasteiger partial charge is 0.394 e. The number of carbonyl (C=O) groups is 1. The van der Waals surface area contributed by atoms with Crippen molar-refractivity contribution in [2.45, 2.75) is 65.8 Å². The minimum Gasteiger partial charge on any atom is -0.394 e. The Morgan fingerprint density at radius 2 is 2.07 bits per heavy atom. The fraction of sp³-hybridized carbons (Fsp3) is 0.667. The van der Waals surface area contributed by atoms with Crippen molar-refractivity contribution in [1.29, 1.82) is 0 Å². The second-order valence-electron chi connectivity index (χ2n) is 8.07. The molecule has 0 unspecified atom stereocenters. The number of H-pyrrole nitrogens is 1. The summed E-state index contributed by atoms with van der Waals surface area (Å²) < 4.78 is 8.48. The number of anilines is 1. The molecule has 1 amide bonds. The molecule has 1 aliphatic heterocycles. The summed E-state index contributed by atoms with van der Waals surface area (Å²) in [6, 6.07) is 0. The van der Waals surface area contributed by atoms with Crippen molar-refractivity contribution in [3.05, 3.63) is 20.8 Å². The van der Waals surface area contributed by atoms with Crippen LogP contribution in [0.15, 0.2) is 9.59 Å². The normalized spacial score (nSPS) is 20.0. The maximum absolute atomic E-state index is 13.0. The van der Waals surface area contributed by atoms with Crippen LogP contribution in [-0.2, 0) is 16.1 Å². The van der Waals surface area contributed by atoms with E-state index in [9.17, 15) is 19.5 Å². The highest BCUT2D eigenvalue weighted by molar-refractivity contribution is 5.93. The highest BCUT2D eigenvalue weighted by atomic mass is 16.5. The van der Waals surface area contributed by atoms with Crippen LogP contribution in [0.3, 0.4) is 0 Å². The first kappa shape index (κ1) is 20.3. The molecule has 0 bridgehead atoms. The number of carbonyl (C=O) groups excluding carboxylic acids is 1. The number of hydrogen-bond donors (Lipinski definition) is 3. The van der Waals surface area contributed by atoms with Gasteiger partial charge in [0.1, 0.15) is 6.23 Å². The number of aryl methyl sites for hydroxylation is 1. The fourth-order valence-electron chi connectivity index (χ4n) is 3.24. The molecule has 10 heteroatoms. The van der Waals surface area contributed by atoms with Crippen LogP contribution in [-0.4, -0.2) is 42.8 Å². The van der Waals surface area contributed by atoms with Gasteiger partial charge in [-0.1, -0.05) is 27.7 Å². The van der Waals surface area contributed by atoms with E-state index in [1.165, 1.54) is 9.13 Å². The summed E-state index contributed by atoms with van der Waals surface area (Å²) in [4.78, 5) is 44.9. The SMILES string of the molecule is CCCn1c(=O)n([C@H]2CC[C@@H](CO)O2)c2nc(NC(=O)C(C)(C)C)[nH]c(=O)c21. The molecular formula is C18H27N5O5. The summed E-state index contributed by atoms with van der Waals surface area (Å²) in [5, 5.41) is 11.9. The Hall–Kier alpha value is -2.46. The van der Waals surface area contributed by atoms with Gasteiger partial charge in [-0.15, -0.1) is 0 Å². The van der Waals surface area contributed by atoms with E-state index in [1.54, 1.807) is 20.8 Å². The molecule has 28 heavy (non-hydrogen) atoms. The Bertz CT molecular complexity index is 997. The monoisotopic (exact) mass is 393 g/mol. The summed E-state index contributed by atoms with van der Waals surface area (Å²) in [5.74, 6) is -0.328. The van der Waals surface area contributed by atoms with Gasteiger partial charge in [0.2, 0.25) is 11.9 Å². The number of aliphatic hydroxyl groups excluding tert-OH is 1. The van der Waals surface area contributed by atoms with Gasteiger partial charge in [-0.25, -0.2) is 9.36 Å². The molecule has 3 N–H and O–H groups in total. The van der Waals surface area contributed by atoms with E-state index < -0.39 is 22.9 Å². The predicted octanol–water partition coefficient (Wildman–Crippen LogP) is 0.951. The highest BCUT2D eigenvalue weighted by Gasteiger charge is 2.31. The Morgan fingerprint density at radius 1 is 1.36 bits per heavy atom. The molecule has 3 rings (SSSR count). The zero-order chi connectivity index (χ0) is 20.6. The van der Waals surface area contributed by atoms with Gasteiger partial charge in [-0.3, -0.25) is 24.5 Å². The number of aromatic nitrogens is 4. The first-order valence-electron chi connectivity index (χ1n) is 9.50. The topological polar surface area (TPSA) is 131 Å². The van der Waals surface area contributed by atoms with E-state index in [0.717, 1.165) is 0 Å². The molecule has 3 heterocycles. The summed E-state index contributed by atoms with van der Waals surface area (Å²) in [5.41, 5.74) is -1.26. The average molecular weight is 393 g/mol. The second-order valence-corrected chi connectivity index (χ2v) is 8.07. The zero-order valence-electron chi connectivity index (χ0n) is 16.6. The van der Waals surface area contributed by atoms with Crippen LogP contribution in [0, 0.1) is 5.41 Å². The zero-order valence-corrected chi connectivity index (χ0v) is 16.6. The molecule has 0 spiro atoms. The van der Waals surface area contributed by atoms with E-state index in [2.05, 4.69) is 15.3 Å². The van der Waals surface area contributed by atoms with Crippen LogP contribution >= 0.6 is 0 Å². The van der Waals surface area contributed by atoms with Gasteiger partial charge in [-0.05, 0) is 19.3 Å². The number of amides is 1. The van der Waals surface area contributed by atoms with E-state index in [-0.39, 0.29) is 35.7 Å². The number of imidazole rings is 1. The maximum atomic E-state index is 13.0. The van der Waals surface area contributed by atoms with E-state index in [1.807, 2.05) is 6.92 Å². The van der Waals surface area contributed by atoms with Gasteiger partial charge in [0, 0.05) is 12.0 Å². The smallest absolute Gasteiger partial charge is 0.332 e. The number of fused-ring (bicyclic) bond motifs is 1. The Kier molecular flexibility index (Phi) is 5.44. The van der Waals surface area contributed by atoms with Crippen LogP contribution in [0.4, 0.5) is 5.95 Å².